The second kappa shape index (κ2) is 6.96. The molecule has 2 amide bonds. The van der Waals surface area contributed by atoms with Crippen LogP contribution in [0.4, 0.5) is 4.79 Å². The van der Waals surface area contributed by atoms with Crippen molar-refractivity contribution in [2.24, 2.45) is 0 Å². The molecule has 0 aromatic rings. The molecular weight excluding hydrogens is 252 g/mol. The summed E-state index contributed by atoms with van der Waals surface area (Å²) in [5, 5.41) is 11.3. The van der Waals surface area contributed by atoms with Crippen molar-refractivity contribution >= 4 is 18.0 Å². The van der Waals surface area contributed by atoms with Crippen LogP contribution >= 0.6 is 0 Å². The number of nitrogens with zero attached hydrogens (tertiary/aromatic N) is 1. The van der Waals surface area contributed by atoms with Crippen molar-refractivity contribution < 1.29 is 24.2 Å². The zero-order valence-corrected chi connectivity index (χ0v) is 11.2. The summed E-state index contributed by atoms with van der Waals surface area (Å²) in [7, 11) is 0. The highest BCUT2D eigenvalue weighted by Gasteiger charge is 2.35. The highest BCUT2D eigenvalue weighted by atomic mass is 16.5. The molecule has 0 aromatic carbocycles. The first-order valence-electron chi connectivity index (χ1n) is 6.45. The van der Waals surface area contributed by atoms with Crippen molar-refractivity contribution in [2.75, 3.05) is 13.2 Å². The predicted octanol–water partition coefficient (Wildman–Crippen LogP) is 0.587. The van der Waals surface area contributed by atoms with Crippen LogP contribution in [-0.4, -0.2) is 53.2 Å². The maximum Gasteiger partial charge on any atom is 0.326 e. The van der Waals surface area contributed by atoms with Gasteiger partial charge in [0.05, 0.1) is 6.61 Å². The number of amides is 2. The molecule has 1 fully saturated rings. The van der Waals surface area contributed by atoms with E-state index in [2.05, 4.69) is 5.32 Å². The van der Waals surface area contributed by atoms with Crippen molar-refractivity contribution in [3.8, 4) is 0 Å². The Kier molecular flexibility index (Phi) is 5.59. The van der Waals surface area contributed by atoms with Crippen molar-refractivity contribution in [2.45, 2.75) is 45.2 Å². The minimum Gasteiger partial charge on any atom is -0.480 e. The average Bonchev–Trinajstić information content (AvgIpc) is 3.16. The monoisotopic (exact) mass is 272 g/mol. The van der Waals surface area contributed by atoms with Crippen molar-refractivity contribution in [3.05, 3.63) is 0 Å². The summed E-state index contributed by atoms with van der Waals surface area (Å²) in [4.78, 5) is 35.6. The third-order valence-corrected chi connectivity index (χ3v) is 2.86. The highest BCUT2D eigenvalue weighted by molar-refractivity contribution is 5.85. The van der Waals surface area contributed by atoms with Gasteiger partial charge in [0, 0.05) is 6.04 Å². The fraction of sp³-hybridized carbons (Fsp3) is 0.750. The zero-order valence-electron chi connectivity index (χ0n) is 11.2. The Balaban J connectivity index is 2.58. The van der Waals surface area contributed by atoms with Crippen LogP contribution in [0.5, 0.6) is 0 Å². The molecule has 0 aliphatic heterocycles. The Hall–Kier alpha value is -1.79. The zero-order chi connectivity index (χ0) is 14.4. The van der Waals surface area contributed by atoms with Gasteiger partial charge < -0.3 is 20.1 Å². The Bertz CT molecular complexity index is 354. The van der Waals surface area contributed by atoms with Gasteiger partial charge in [-0.1, -0.05) is 6.92 Å². The van der Waals surface area contributed by atoms with Crippen LogP contribution in [0, 0.1) is 0 Å². The van der Waals surface area contributed by atoms with E-state index < -0.39 is 24.0 Å². The molecule has 0 saturated heterocycles. The number of aliphatic carboxylic acids is 1. The van der Waals surface area contributed by atoms with E-state index >= 15 is 0 Å². The summed E-state index contributed by atoms with van der Waals surface area (Å²) >= 11 is 0. The molecular formula is C12H20N2O5. The second-order valence-corrected chi connectivity index (χ2v) is 4.41. The molecule has 1 saturated carbocycles. The van der Waals surface area contributed by atoms with E-state index in [1.165, 1.54) is 4.90 Å². The van der Waals surface area contributed by atoms with Crippen molar-refractivity contribution in [1.29, 1.82) is 0 Å². The largest absolute Gasteiger partial charge is 0.480 e. The summed E-state index contributed by atoms with van der Waals surface area (Å²) in [6, 6.07) is -1.45. The number of carboxylic acids is 1. The third-order valence-electron chi connectivity index (χ3n) is 2.86. The molecule has 7 nitrogen and oxygen atoms in total. The Morgan fingerprint density at radius 2 is 2.00 bits per heavy atom. The lowest BCUT2D eigenvalue weighted by molar-refractivity contribution is -0.143. The number of carboxylic acid groups (broad SMARTS) is 1. The normalized spacial score (nSPS) is 15.5. The molecule has 1 rings (SSSR count). The van der Waals surface area contributed by atoms with Crippen molar-refractivity contribution in [1.82, 2.24) is 10.2 Å². The van der Waals surface area contributed by atoms with E-state index in [-0.39, 0.29) is 19.2 Å². The minimum absolute atomic E-state index is 0.00991. The van der Waals surface area contributed by atoms with Crippen LogP contribution in [-0.2, 0) is 14.3 Å². The van der Waals surface area contributed by atoms with E-state index in [0.29, 0.717) is 6.42 Å². The summed E-state index contributed by atoms with van der Waals surface area (Å²) in [6.07, 6.45) is 1.95. The van der Waals surface area contributed by atoms with Gasteiger partial charge in [0.1, 0.15) is 12.6 Å². The van der Waals surface area contributed by atoms with Gasteiger partial charge in [0.25, 0.3) is 0 Å². The topological polar surface area (TPSA) is 95.9 Å². The molecule has 2 N–H and O–H groups in total. The van der Waals surface area contributed by atoms with Gasteiger partial charge in [-0.3, -0.25) is 4.79 Å². The van der Waals surface area contributed by atoms with Crippen LogP contribution in [0.2, 0.25) is 0 Å². The van der Waals surface area contributed by atoms with Gasteiger partial charge in [0.2, 0.25) is 0 Å². The van der Waals surface area contributed by atoms with Crippen LogP contribution in [0.25, 0.3) is 0 Å². The number of esters is 1. The summed E-state index contributed by atoms with van der Waals surface area (Å²) in [5.74, 6) is -1.56. The molecule has 0 heterocycles. The lowest BCUT2D eigenvalue weighted by atomic mass is 10.2. The molecule has 1 atom stereocenters. The number of rotatable bonds is 7. The van der Waals surface area contributed by atoms with E-state index in [9.17, 15) is 14.4 Å². The first-order chi connectivity index (χ1) is 8.99. The standard InChI is InChI=1S/C12H20N2O5/c1-3-9(11(16)17)13-12(18)14(8-5-6-8)7-10(15)19-4-2/h8-9H,3-7H2,1-2H3,(H,13,18)(H,16,17). The Morgan fingerprint density at radius 1 is 1.37 bits per heavy atom. The number of nitrogens with one attached hydrogen (secondary N) is 1. The fourth-order valence-corrected chi connectivity index (χ4v) is 1.67. The number of hydrogen-bond acceptors (Lipinski definition) is 4. The second-order valence-electron chi connectivity index (χ2n) is 4.41. The molecule has 7 heteroatoms. The number of carbonyl (C=O) groups is 3. The first-order valence-corrected chi connectivity index (χ1v) is 6.45. The van der Waals surface area contributed by atoms with Gasteiger partial charge >= 0.3 is 18.0 Å². The van der Waals surface area contributed by atoms with Gasteiger partial charge in [-0.05, 0) is 26.2 Å². The SMILES string of the molecule is CCOC(=O)CN(C(=O)NC(CC)C(=O)O)C1CC1. The van der Waals surface area contributed by atoms with Gasteiger partial charge in [-0.2, -0.15) is 0 Å². The molecule has 19 heavy (non-hydrogen) atoms. The van der Waals surface area contributed by atoms with E-state index in [4.69, 9.17) is 9.84 Å². The molecule has 0 radical (unpaired) electrons. The third kappa shape index (κ3) is 4.76. The summed E-state index contributed by atoms with van der Waals surface area (Å²) < 4.78 is 4.80. The van der Waals surface area contributed by atoms with Crippen molar-refractivity contribution in [3.63, 3.8) is 0 Å². The maximum absolute atomic E-state index is 12.0. The molecule has 0 aromatic heterocycles. The molecule has 1 aliphatic carbocycles. The number of urea groups is 1. The van der Waals surface area contributed by atoms with Crippen LogP contribution in [0.15, 0.2) is 0 Å². The lowest BCUT2D eigenvalue weighted by Crippen LogP contribution is -2.50. The minimum atomic E-state index is -1.08. The highest BCUT2D eigenvalue weighted by Crippen LogP contribution is 2.26. The van der Waals surface area contributed by atoms with Gasteiger partial charge in [0.15, 0.2) is 0 Å². The number of hydrogen-bond donors (Lipinski definition) is 2. The van der Waals surface area contributed by atoms with E-state index in [1.807, 2.05) is 0 Å². The van der Waals surface area contributed by atoms with Crippen LogP contribution in [0.1, 0.15) is 33.1 Å². The summed E-state index contributed by atoms with van der Waals surface area (Å²) in [6.45, 7) is 3.48. The molecule has 0 bridgehead atoms. The molecule has 0 spiro atoms. The Labute approximate surface area is 111 Å². The Morgan fingerprint density at radius 3 is 2.42 bits per heavy atom. The quantitative estimate of drug-likeness (QED) is 0.661. The van der Waals surface area contributed by atoms with E-state index in [0.717, 1.165) is 12.8 Å². The fourth-order valence-electron chi connectivity index (χ4n) is 1.67. The maximum atomic E-state index is 12.0. The van der Waals surface area contributed by atoms with Crippen LogP contribution in [0.3, 0.4) is 0 Å². The van der Waals surface area contributed by atoms with E-state index in [1.54, 1.807) is 13.8 Å². The van der Waals surface area contributed by atoms with Gasteiger partial charge in [-0.25, -0.2) is 9.59 Å². The summed E-state index contributed by atoms with van der Waals surface area (Å²) in [5.41, 5.74) is 0. The predicted molar refractivity (Wildman–Crippen MR) is 66.6 cm³/mol. The molecule has 108 valence electrons. The smallest absolute Gasteiger partial charge is 0.326 e. The lowest BCUT2D eigenvalue weighted by Gasteiger charge is -2.23. The average molecular weight is 272 g/mol. The van der Waals surface area contributed by atoms with Gasteiger partial charge in [-0.15, -0.1) is 0 Å². The number of carbonyl (C=O) groups excluding carboxylic acids is 2. The number of ether oxygens (including phenoxy) is 1. The molecule has 1 unspecified atom stereocenters. The molecule has 1 aliphatic rings. The van der Waals surface area contributed by atoms with Crippen LogP contribution < -0.4 is 5.32 Å². The first kappa shape index (κ1) is 15.3.